The normalized spacial score (nSPS) is 27.3. The molecule has 2 atom stereocenters. The maximum atomic E-state index is 12.2. The van der Waals surface area contributed by atoms with Gasteiger partial charge in [-0.1, -0.05) is 0 Å². The molecule has 2 aliphatic heterocycles. The standard InChI is InChI=1S/C14H26N4O4S/c1-11(14(15)20)17-6-4-5-12(9-17)16-13(19)10-18-7-2-3-8-23(18,21)22/h11-12H,2-10H2,1H3,(H2,15,20)(H,16,19)/t11?,12-/m0/s1. The van der Waals surface area contributed by atoms with Crippen LogP contribution in [0.1, 0.15) is 32.6 Å². The summed E-state index contributed by atoms with van der Waals surface area (Å²) in [4.78, 5) is 25.4. The van der Waals surface area contributed by atoms with E-state index in [1.165, 1.54) is 4.31 Å². The van der Waals surface area contributed by atoms with Crippen molar-refractivity contribution in [3.8, 4) is 0 Å². The van der Waals surface area contributed by atoms with Crippen LogP contribution >= 0.6 is 0 Å². The molecular formula is C14H26N4O4S. The predicted octanol–water partition coefficient (Wildman–Crippen LogP) is -1.13. The van der Waals surface area contributed by atoms with Gasteiger partial charge in [0.1, 0.15) is 0 Å². The lowest BCUT2D eigenvalue weighted by molar-refractivity contribution is -0.123. The summed E-state index contributed by atoms with van der Waals surface area (Å²) in [5, 5.41) is 2.89. The number of carbonyl (C=O) groups excluding carboxylic acids is 2. The van der Waals surface area contributed by atoms with Crippen LogP contribution in [0.2, 0.25) is 0 Å². The van der Waals surface area contributed by atoms with Gasteiger partial charge in [0.25, 0.3) is 0 Å². The van der Waals surface area contributed by atoms with E-state index < -0.39 is 10.0 Å². The van der Waals surface area contributed by atoms with Crippen LogP contribution in [0.3, 0.4) is 0 Å². The number of hydrogen-bond donors (Lipinski definition) is 2. The Bertz CT molecular complexity index is 551. The zero-order chi connectivity index (χ0) is 17.0. The third kappa shape index (κ3) is 4.89. The number of likely N-dealkylation sites (tertiary alicyclic amines) is 1. The van der Waals surface area contributed by atoms with Crippen molar-refractivity contribution < 1.29 is 18.0 Å². The predicted molar refractivity (Wildman–Crippen MR) is 86.0 cm³/mol. The van der Waals surface area contributed by atoms with Crippen LogP contribution in [-0.2, 0) is 19.6 Å². The fourth-order valence-corrected chi connectivity index (χ4v) is 4.66. The third-order valence-corrected chi connectivity index (χ3v) is 6.45. The molecular weight excluding hydrogens is 320 g/mol. The van der Waals surface area contributed by atoms with E-state index in [1.807, 2.05) is 4.90 Å². The lowest BCUT2D eigenvalue weighted by atomic mass is 10.0. The average molecular weight is 346 g/mol. The Morgan fingerprint density at radius 1 is 1.26 bits per heavy atom. The number of nitrogens with two attached hydrogens (primary N) is 1. The number of nitrogens with one attached hydrogen (secondary N) is 1. The largest absolute Gasteiger partial charge is 0.368 e. The molecule has 2 saturated heterocycles. The van der Waals surface area contributed by atoms with Gasteiger partial charge in [0.2, 0.25) is 21.8 Å². The first kappa shape index (κ1) is 18.2. The maximum absolute atomic E-state index is 12.2. The molecule has 0 bridgehead atoms. The first-order chi connectivity index (χ1) is 10.8. The zero-order valence-electron chi connectivity index (χ0n) is 13.5. The lowest BCUT2D eigenvalue weighted by Gasteiger charge is -2.36. The highest BCUT2D eigenvalue weighted by atomic mass is 32.2. The molecule has 2 heterocycles. The molecule has 2 rings (SSSR count). The monoisotopic (exact) mass is 346 g/mol. The highest BCUT2D eigenvalue weighted by Crippen LogP contribution is 2.15. The van der Waals surface area contributed by atoms with Crippen LogP contribution < -0.4 is 11.1 Å². The van der Waals surface area contributed by atoms with Gasteiger partial charge in [0.15, 0.2) is 0 Å². The summed E-state index contributed by atoms with van der Waals surface area (Å²) in [5.41, 5.74) is 5.33. The van der Waals surface area contributed by atoms with Gasteiger partial charge < -0.3 is 11.1 Å². The highest BCUT2D eigenvalue weighted by molar-refractivity contribution is 7.89. The van der Waals surface area contributed by atoms with E-state index in [0.717, 1.165) is 25.8 Å². The second-order valence-corrected chi connectivity index (χ2v) is 8.43. The number of primary amides is 1. The van der Waals surface area contributed by atoms with Crippen LogP contribution in [0.15, 0.2) is 0 Å². The molecule has 2 aliphatic rings. The van der Waals surface area contributed by atoms with Crippen molar-refractivity contribution >= 4 is 21.8 Å². The quantitative estimate of drug-likeness (QED) is 0.654. The Morgan fingerprint density at radius 2 is 2.00 bits per heavy atom. The Hall–Kier alpha value is -1.19. The summed E-state index contributed by atoms with van der Waals surface area (Å²) < 4.78 is 25.1. The molecule has 1 unspecified atom stereocenters. The Morgan fingerprint density at radius 3 is 2.65 bits per heavy atom. The number of rotatable bonds is 5. The minimum atomic E-state index is -3.29. The molecule has 0 aliphatic carbocycles. The van der Waals surface area contributed by atoms with Crippen molar-refractivity contribution in [2.45, 2.75) is 44.7 Å². The van der Waals surface area contributed by atoms with Gasteiger partial charge >= 0.3 is 0 Å². The molecule has 0 aromatic rings. The number of hydrogen-bond acceptors (Lipinski definition) is 5. The molecule has 0 aromatic carbocycles. The third-order valence-electron chi connectivity index (χ3n) is 4.55. The minimum Gasteiger partial charge on any atom is -0.368 e. The van der Waals surface area contributed by atoms with E-state index in [9.17, 15) is 18.0 Å². The molecule has 3 N–H and O–H groups in total. The lowest BCUT2D eigenvalue weighted by Crippen LogP contribution is -2.54. The topological polar surface area (TPSA) is 113 Å². The Kier molecular flexibility index (Phi) is 5.99. The molecule has 2 fully saturated rings. The number of amides is 2. The van der Waals surface area contributed by atoms with Crippen LogP contribution in [-0.4, -0.2) is 73.5 Å². The van der Waals surface area contributed by atoms with Gasteiger partial charge in [-0.25, -0.2) is 8.42 Å². The molecule has 8 nitrogen and oxygen atoms in total. The van der Waals surface area contributed by atoms with Crippen molar-refractivity contribution in [1.29, 1.82) is 0 Å². The van der Waals surface area contributed by atoms with E-state index in [0.29, 0.717) is 19.5 Å². The zero-order valence-corrected chi connectivity index (χ0v) is 14.3. The second-order valence-electron chi connectivity index (χ2n) is 6.34. The van der Waals surface area contributed by atoms with Gasteiger partial charge in [-0.15, -0.1) is 0 Å². The van der Waals surface area contributed by atoms with Gasteiger partial charge in [0.05, 0.1) is 18.3 Å². The van der Waals surface area contributed by atoms with Crippen molar-refractivity contribution in [3.63, 3.8) is 0 Å². The molecule has 0 radical (unpaired) electrons. The highest BCUT2D eigenvalue weighted by Gasteiger charge is 2.30. The Labute approximate surface area is 137 Å². The van der Waals surface area contributed by atoms with E-state index in [2.05, 4.69) is 5.32 Å². The summed E-state index contributed by atoms with van der Waals surface area (Å²) in [6, 6.07) is -0.442. The van der Waals surface area contributed by atoms with Gasteiger partial charge in [-0.05, 0) is 39.2 Å². The van der Waals surface area contributed by atoms with E-state index in [1.54, 1.807) is 6.92 Å². The summed E-state index contributed by atoms with van der Waals surface area (Å²) in [6.07, 6.45) is 3.13. The van der Waals surface area contributed by atoms with Gasteiger partial charge in [-0.2, -0.15) is 4.31 Å². The van der Waals surface area contributed by atoms with Crippen molar-refractivity contribution in [1.82, 2.24) is 14.5 Å². The molecule has 0 aromatic heterocycles. The number of piperidine rings is 1. The summed E-state index contributed by atoms with van der Waals surface area (Å²) in [6.45, 7) is 3.38. The molecule has 23 heavy (non-hydrogen) atoms. The number of nitrogens with zero attached hydrogens (tertiary/aromatic N) is 2. The van der Waals surface area contributed by atoms with Crippen molar-refractivity contribution in [2.24, 2.45) is 5.73 Å². The minimum absolute atomic E-state index is 0.0782. The number of carbonyl (C=O) groups is 2. The summed E-state index contributed by atoms with van der Waals surface area (Å²) >= 11 is 0. The van der Waals surface area contributed by atoms with Crippen molar-refractivity contribution in [2.75, 3.05) is 31.9 Å². The van der Waals surface area contributed by atoms with Crippen LogP contribution in [0.5, 0.6) is 0 Å². The van der Waals surface area contributed by atoms with E-state index in [4.69, 9.17) is 5.73 Å². The molecule has 2 amide bonds. The first-order valence-corrected chi connectivity index (χ1v) is 9.71. The molecule has 9 heteroatoms. The average Bonchev–Trinajstić information content (AvgIpc) is 2.48. The second kappa shape index (κ2) is 7.59. The van der Waals surface area contributed by atoms with Crippen LogP contribution in [0.25, 0.3) is 0 Å². The van der Waals surface area contributed by atoms with E-state index >= 15 is 0 Å². The van der Waals surface area contributed by atoms with Crippen molar-refractivity contribution in [3.05, 3.63) is 0 Å². The number of sulfonamides is 1. The van der Waals surface area contributed by atoms with Gasteiger partial charge in [-0.3, -0.25) is 14.5 Å². The Balaban J connectivity index is 1.86. The molecule has 132 valence electrons. The SMILES string of the molecule is CC(C(N)=O)N1CCC[C@H](NC(=O)CN2CCCCS2(=O)=O)C1. The van der Waals surface area contributed by atoms with E-state index in [-0.39, 0.29) is 36.2 Å². The maximum Gasteiger partial charge on any atom is 0.235 e. The van der Waals surface area contributed by atoms with Gasteiger partial charge in [0, 0.05) is 19.1 Å². The summed E-state index contributed by atoms with van der Waals surface area (Å²) in [5.74, 6) is -0.543. The fraction of sp³-hybridized carbons (Fsp3) is 0.857. The summed E-state index contributed by atoms with van der Waals surface area (Å²) in [7, 11) is -3.29. The fourth-order valence-electron chi connectivity index (χ4n) is 3.11. The molecule has 0 spiro atoms. The van der Waals surface area contributed by atoms with Crippen LogP contribution in [0, 0.1) is 0 Å². The first-order valence-electron chi connectivity index (χ1n) is 8.10. The molecule has 0 saturated carbocycles. The smallest absolute Gasteiger partial charge is 0.235 e. The van der Waals surface area contributed by atoms with Crippen LogP contribution in [0.4, 0.5) is 0 Å².